The standard InChI is InChI=1S/C36H47ClN6O7/c1-20(2)30(42-35(47)50-36(4,5)6)33(45)39-21(3)32(44)40-24-9-7-22(8-10-24)19-49-28-16-26-29(23(17-37)18-38-26)25-15-27(41-31(25)28)34(46)43-11-13-48-14-12-43/h7-10,15-16,20-21,23,30,38,41H,11-14,17-19H2,1-6H3,(H,39,45)(H,40,44)(H,42,47)/t21-,23+,30-/m0/s1. The van der Waals surface area contributed by atoms with Crippen molar-refractivity contribution in [3.8, 4) is 5.75 Å². The van der Waals surface area contributed by atoms with Gasteiger partial charge < -0.3 is 45.4 Å². The van der Waals surface area contributed by atoms with Crippen LogP contribution in [0.2, 0.25) is 0 Å². The number of alkyl carbamates (subject to hydrolysis) is 1. The fourth-order valence-electron chi connectivity index (χ4n) is 5.94. The van der Waals surface area contributed by atoms with Crippen LogP contribution < -0.4 is 26.0 Å². The van der Waals surface area contributed by atoms with Crippen LogP contribution in [0, 0.1) is 5.92 Å². The molecule has 4 amide bonds. The molecule has 14 heteroatoms. The molecule has 0 unspecified atom stereocenters. The van der Waals surface area contributed by atoms with Crippen LogP contribution in [-0.4, -0.2) is 90.1 Å². The number of aromatic amines is 1. The van der Waals surface area contributed by atoms with Gasteiger partial charge in [0.1, 0.15) is 35.7 Å². The van der Waals surface area contributed by atoms with Crippen molar-refractivity contribution in [3.05, 3.63) is 53.2 Å². The average Bonchev–Trinajstić information content (AvgIpc) is 3.70. The number of morpholine rings is 1. The van der Waals surface area contributed by atoms with Crippen LogP contribution in [0.5, 0.6) is 5.75 Å². The molecular weight excluding hydrogens is 664 g/mol. The average molecular weight is 711 g/mol. The number of fused-ring (bicyclic) bond motifs is 3. The molecule has 3 aromatic rings. The number of halogens is 1. The van der Waals surface area contributed by atoms with Gasteiger partial charge in [-0.15, -0.1) is 11.6 Å². The first kappa shape index (κ1) is 36.8. The fourth-order valence-corrected chi connectivity index (χ4v) is 6.20. The SMILES string of the molecule is CC(C)[C@H](NC(=O)OC(C)(C)C)C(=O)N[C@@H](C)C(=O)Nc1ccc(COc2cc3c(c4cc(C(=O)N5CCOCC5)[nH]c24)[C@H](CCl)CN3)cc1. The lowest BCUT2D eigenvalue weighted by molar-refractivity contribution is -0.128. The molecule has 2 aromatic carbocycles. The van der Waals surface area contributed by atoms with E-state index in [1.54, 1.807) is 58.6 Å². The zero-order chi connectivity index (χ0) is 36.2. The predicted octanol–water partition coefficient (Wildman–Crippen LogP) is 4.96. The van der Waals surface area contributed by atoms with Crippen molar-refractivity contribution in [1.82, 2.24) is 20.5 Å². The summed E-state index contributed by atoms with van der Waals surface area (Å²) in [5.74, 6) is -0.0723. The molecule has 0 aliphatic carbocycles. The quantitative estimate of drug-likeness (QED) is 0.175. The molecule has 5 N–H and O–H groups in total. The molecule has 1 aromatic heterocycles. The molecule has 0 radical (unpaired) electrons. The van der Waals surface area contributed by atoms with E-state index in [4.69, 9.17) is 25.8 Å². The number of nitrogens with one attached hydrogen (secondary N) is 5. The van der Waals surface area contributed by atoms with Gasteiger partial charge in [-0.1, -0.05) is 26.0 Å². The van der Waals surface area contributed by atoms with Crippen molar-refractivity contribution < 1.29 is 33.4 Å². The van der Waals surface area contributed by atoms with Gasteiger partial charge in [-0.25, -0.2) is 4.79 Å². The van der Waals surface area contributed by atoms with Crippen molar-refractivity contribution in [2.75, 3.05) is 49.4 Å². The van der Waals surface area contributed by atoms with Crippen LogP contribution in [0.25, 0.3) is 10.9 Å². The number of amides is 4. The second kappa shape index (κ2) is 15.6. The zero-order valence-corrected chi connectivity index (χ0v) is 30.2. The van der Waals surface area contributed by atoms with E-state index in [1.165, 1.54) is 0 Å². The first-order valence-electron chi connectivity index (χ1n) is 16.9. The van der Waals surface area contributed by atoms with Gasteiger partial charge in [-0.2, -0.15) is 0 Å². The van der Waals surface area contributed by atoms with Crippen LogP contribution in [-0.2, 0) is 25.7 Å². The van der Waals surface area contributed by atoms with Crippen molar-refractivity contribution in [1.29, 1.82) is 0 Å². The summed E-state index contributed by atoms with van der Waals surface area (Å²) in [7, 11) is 0. The Morgan fingerprint density at radius 3 is 2.36 bits per heavy atom. The summed E-state index contributed by atoms with van der Waals surface area (Å²) >= 11 is 6.32. The second-order valence-electron chi connectivity index (χ2n) is 14.0. The van der Waals surface area contributed by atoms with Gasteiger partial charge in [0.15, 0.2) is 0 Å². The van der Waals surface area contributed by atoms with Crippen LogP contribution in [0.3, 0.4) is 0 Å². The van der Waals surface area contributed by atoms with E-state index >= 15 is 0 Å². The maximum Gasteiger partial charge on any atom is 0.408 e. The molecule has 5 rings (SSSR count). The summed E-state index contributed by atoms with van der Waals surface area (Å²) in [5.41, 5.74) is 3.91. The molecule has 2 aliphatic rings. The smallest absolute Gasteiger partial charge is 0.408 e. The Morgan fingerprint density at radius 1 is 1.02 bits per heavy atom. The fraction of sp³-hybridized carbons (Fsp3) is 0.500. The van der Waals surface area contributed by atoms with E-state index in [0.717, 1.165) is 27.7 Å². The van der Waals surface area contributed by atoms with Gasteiger partial charge in [0.25, 0.3) is 5.91 Å². The topological polar surface area (TPSA) is 163 Å². The van der Waals surface area contributed by atoms with Crippen LogP contribution in [0.15, 0.2) is 36.4 Å². The highest BCUT2D eigenvalue weighted by Crippen LogP contribution is 2.43. The van der Waals surface area contributed by atoms with Gasteiger partial charge in [0.05, 0.1) is 18.7 Å². The lowest BCUT2D eigenvalue weighted by Crippen LogP contribution is -2.54. The molecule has 3 heterocycles. The van der Waals surface area contributed by atoms with Crippen molar-refractivity contribution in [3.63, 3.8) is 0 Å². The maximum absolute atomic E-state index is 13.3. The molecule has 1 fully saturated rings. The molecule has 1 saturated heterocycles. The summed E-state index contributed by atoms with van der Waals surface area (Å²) < 4.78 is 17.0. The number of nitrogens with zero attached hydrogens (tertiary/aromatic N) is 1. The number of alkyl halides is 1. The Labute approximate surface area is 297 Å². The summed E-state index contributed by atoms with van der Waals surface area (Å²) in [6.45, 7) is 13.4. The summed E-state index contributed by atoms with van der Waals surface area (Å²) in [6, 6.07) is 9.27. The Morgan fingerprint density at radius 2 is 1.72 bits per heavy atom. The van der Waals surface area contributed by atoms with E-state index in [2.05, 4.69) is 26.3 Å². The van der Waals surface area contributed by atoms with Gasteiger partial charge in [-0.3, -0.25) is 14.4 Å². The van der Waals surface area contributed by atoms with E-state index in [1.807, 2.05) is 24.3 Å². The van der Waals surface area contributed by atoms with Crippen LogP contribution >= 0.6 is 11.6 Å². The second-order valence-corrected chi connectivity index (χ2v) is 14.3. The number of carbonyl (C=O) groups is 4. The minimum Gasteiger partial charge on any atom is -0.487 e. The number of carbonyl (C=O) groups excluding carboxylic acids is 4. The third-order valence-electron chi connectivity index (χ3n) is 8.57. The molecule has 0 saturated carbocycles. The number of hydrogen-bond donors (Lipinski definition) is 5. The normalized spacial score (nSPS) is 17.0. The molecule has 13 nitrogen and oxygen atoms in total. The van der Waals surface area contributed by atoms with Gasteiger partial charge in [0.2, 0.25) is 11.8 Å². The summed E-state index contributed by atoms with van der Waals surface area (Å²) in [4.78, 5) is 56.6. The zero-order valence-electron chi connectivity index (χ0n) is 29.4. The van der Waals surface area contributed by atoms with E-state index in [-0.39, 0.29) is 24.3 Å². The Balaban J connectivity index is 1.22. The maximum atomic E-state index is 13.3. The Bertz CT molecular complexity index is 1710. The van der Waals surface area contributed by atoms with Crippen molar-refractivity contribution in [2.45, 2.75) is 71.8 Å². The van der Waals surface area contributed by atoms with Gasteiger partial charge >= 0.3 is 6.09 Å². The molecule has 270 valence electrons. The third kappa shape index (κ3) is 8.80. The summed E-state index contributed by atoms with van der Waals surface area (Å²) in [5, 5.41) is 12.4. The van der Waals surface area contributed by atoms with Gasteiger partial charge in [-0.05, 0) is 62.9 Å². The molecular formula is C36H47ClN6O7. The monoisotopic (exact) mass is 710 g/mol. The highest BCUT2D eigenvalue weighted by Gasteiger charge is 2.30. The van der Waals surface area contributed by atoms with Crippen molar-refractivity contribution >= 4 is 57.7 Å². The highest BCUT2D eigenvalue weighted by atomic mass is 35.5. The molecule has 2 aliphatic heterocycles. The molecule has 0 bridgehead atoms. The van der Waals surface area contributed by atoms with E-state index in [9.17, 15) is 19.2 Å². The number of benzene rings is 2. The minimum absolute atomic E-state index is 0.0821. The minimum atomic E-state index is -0.883. The first-order valence-corrected chi connectivity index (χ1v) is 17.5. The summed E-state index contributed by atoms with van der Waals surface area (Å²) in [6.07, 6.45) is -0.707. The van der Waals surface area contributed by atoms with Crippen LogP contribution in [0.4, 0.5) is 16.2 Å². The molecule has 0 spiro atoms. The number of anilines is 2. The van der Waals surface area contributed by atoms with E-state index < -0.39 is 35.6 Å². The number of hydrogen-bond acceptors (Lipinski definition) is 8. The number of aromatic nitrogens is 1. The number of rotatable bonds is 11. The van der Waals surface area contributed by atoms with Crippen molar-refractivity contribution in [2.24, 2.45) is 5.92 Å². The molecule has 50 heavy (non-hydrogen) atoms. The first-order chi connectivity index (χ1) is 23.7. The Kier molecular flexibility index (Phi) is 11.5. The molecule has 3 atom stereocenters. The lowest BCUT2D eigenvalue weighted by atomic mass is 9.98. The van der Waals surface area contributed by atoms with Gasteiger partial charge in [0, 0.05) is 54.3 Å². The Hall–Kier alpha value is -4.49. The van der Waals surface area contributed by atoms with E-state index in [0.29, 0.717) is 55.9 Å². The van der Waals surface area contributed by atoms with Crippen LogP contribution in [0.1, 0.15) is 69.1 Å². The third-order valence-corrected chi connectivity index (χ3v) is 8.94. The predicted molar refractivity (Wildman–Crippen MR) is 192 cm³/mol. The number of H-pyrrole nitrogens is 1. The largest absolute Gasteiger partial charge is 0.487 e. The highest BCUT2D eigenvalue weighted by molar-refractivity contribution is 6.19. The number of ether oxygens (including phenoxy) is 3. The lowest BCUT2D eigenvalue weighted by Gasteiger charge is -2.26.